The highest BCUT2D eigenvalue weighted by Gasteiger charge is 2.19. The monoisotopic (exact) mass is 344 g/mol. The first-order valence-corrected chi connectivity index (χ1v) is 8.59. The fourth-order valence-electron chi connectivity index (χ4n) is 2.37. The van der Waals surface area contributed by atoms with E-state index in [1.807, 2.05) is 30.3 Å². The predicted octanol–water partition coefficient (Wildman–Crippen LogP) is 3.62. The zero-order valence-corrected chi connectivity index (χ0v) is 14.0. The second kappa shape index (κ2) is 6.41. The molecule has 5 nitrogen and oxygen atoms in total. The third-order valence-electron chi connectivity index (χ3n) is 3.57. The Balaban J connectivity index is 1.95. The summed E-state index contributed by atoms with van der Waals surface area (Å²) in [5.41, 5.74) is 0. The molecule has 0 amide bonds. The summed E-state index contributed by atoms with van der Waals surface area (Å²) in [4.78, 5) is -0.00620. The van der Waals surface area contributed by atoms with Gasteiger partial charge in [0.2, 0.25) is 0 Å². The van der Waals surface area contributed by atoms with Crippen LogP contribution in [0.15, 0.2) is 65.6 Å². The molecular weight excluding hydrogens is 328 g/mol. The average molecular weight is 344 g/mol. The van der Waals surface area contributed by atoms with Gasteiger partial charge in [0.15, 0.2) is 11.5 Å². The Hall–Kier alpha value is -2.73. The SMILES string of the molecule is COc1ccc(S(=O)(=O)Oc2ccc3ccccc3c2)cc1OC. The van der Waals surface area contributed by atoms with Crippen molar-refractivity contribution in [2.75, 3.05) is 14.2 Å². The summed E-state index contributed by atoms with van der Waals surface area (Å²) in [7, 11) is -1.05. The summed E-state index contributed by atoms with van der Waals surface area (Å²) in [6.45, 7) is 0. The first-order valence-electron chi connectivity index (χ1n) is 7.19. The lowest BCUT2D eigenvalue weighted by Gasteiger charge is -2.11. The Kier molecular flexibility index (Phi) is 4.31. The summed E-state index contributed by atoms with van der Waals surface area (Å²) in [6, 6.07) is 17.1. The number of hydrogen-bond acceptors (Lipinski definition) is 5. The number of hydrogen-bond donors (Lipinski definition) is 0. The molecule has 0 heterocycles. The molecule has 0 radical (unpaired) electrons. The van der Waals surface area contributed by atoms with Gasteiger partial charge < -0.3 is 13.7 Å². The van der Waals surface area contributed by atoms with Crippen LogP contribution in [0.2, 0.25) is 0 Å². The standard InChI is InChI=1S/C18H16O5S/c1-21-17-10-9-16(12-18(17)22-2)24(19,20)23-15-8-7-13-5-3-4-6-14(13)11-15/h3-12H,1-2H3. The largest absolute Gasteiger partial charge is 0.493 e. The fourth-order valence-corrected chi connectivity index (χ4v) is 3.31. The molecule has 0 spiro atoms. The minimum atomic E-state index is -3.98. The summed E-state index contributed by atoms with van der Waals surface area (Å²) in [6.07, 6.45) is 0. The van der Waals surface area contributed by atoms with Crippen LogP contribution in [0.1, 0.15) is 0 Å². The van der Waals surface area contributed by atoms with Gasteiger partial charge >= 0.3 is 10.1 Å². The van der Waals surface area contributed by atoms with Crippen molar-refractivity contribution < 1.29 is 22.1 Å². The van der Waals surface area contributed by atoms with Gasteiger partial charge in [-0.1, -0.05) is 30.3 Å². The van der Waals surface area contributed by atoms with Gasteiger partial charge in [-0.3, -0.25) is 0 Å². The summed E-state index contributed by atoms with van der Waals surface area (Å²) < 4.78 is 40.5. The van der Waals surface area contributed by atoms with Crippen LogP contribution in [-0.4, -0.2) is 22.6 Å². The van der Waals surface area contributed by atoms with Gasteiger partial charge in [0.1, 0.15) is 10.6 Å². The topological polar surface area (TPSA) is 61.8 Å². The highest BCUT2D eigenvalue weighted by Crippen LogP contribution is 2.31. The van der Waals surface area contributed by atoms with Gasteiger partial charge in [-0.25, -0.2) is 0 Å². The zero-order valence-electron chi connectivity index (χ0n) is 13.2. The first kappa shape index (κ1) is 16.1. The van der Waals surface area contributed by atoms with Crippen molar-refractivity contribution in [3.05, 3.63) is 60.7 Å². The molecule has 0 unspecified atom stereocenters. The smallest absolute Gasteiger partial charge is 0.339 e. The van der Waals surface area contributed by atoms with Gasteiger partial charge in [-0.15, -0.1) is 0 Å². The lowest BCUT2D eigenvalue weighted by molar-refractivity contribution is 0.353. The van der Waals surface area contributed by atoms with Crippen LogP contribution in [0.5, 0.6) is 17.2 Å². The molecule has 0 aliphatic rings. The van der Waals surface area contributed by atoms with Gasteiger partial charge in [0.05, 0.1) is 14.2 Å². The molecule has 3 aromatic rings. The lowest BCUT2D eigenvalue weighted by Crippen LogP contribution is -2.10. The van der Waals surface area contributed by atoms with Crippen LogP contribution < -0.4 is 13.7 Å². The van der Waals surface area contributed by atoms with E-state index in [1.165, 1.54) is 32.4 Å². The highest BCUT2D eigenvalue weighted by molar-refractivity contribution is 7.87. The number of fused-ring (bicyclic) bond motifs is 1. The minimum absolute atomic E-state index is 0.00620. The van der Waals surface area contributed by atoms with Crippen LogP contribution >= 0.6 is 0 Å². The van der Waals surface area contributed by atoms with Crippen LogP contribution in [0, 0.1) is 0 Å². The van der Waals surface area contributed by atoms with Gasteiger partial charge in [-0.2, -0.15) is 8.42 Å². The van der Waals surface area contributed by atoms with E-state index in [0.717, 1.165) is 10.8 Å². The predicted molar refractivity (Wildman–Crippen MR) is 91.3 cm³/mol. The van der Waals surface area contributed by atoms with E-state index in [9.17, 15) is 8.42 Å². The number of methoxy groups -OCH3 is 2. The molecule has 24 heavy (non-hydrogen) atoms. The molecule has 0 saturated heterocycles. The highest BCUT2D eigenvalue weighted by atomic mass is 32.2. The number of ether oxygens (including phenoxy) is 2. The Labute approximate surface area is 140 Å². The second-order valence-electron chi connectivity index (χ2n) is 5.06. The molecule has 0 N–H and O–H groups in total. The van der Waals surface area contributed by atoms with Crippen molar-refractivity contribution >= 4 is 20.9 Å². The summed E-state index contributed by atoms with van der Waals surface area (Å²) in [5, 5.41) is 1.91. The first-order chi connectivity index (χ1) is 11.5. The lowest BCUT2D eigenvalue weighted by atomic mass is 10.1. The molecule has 6 heteroatoms. The number of rotatable bonds is 5. The van der Waals surface area contributed by atoms with Crippen molar-refractivity contribution in [3.63, 3.8) is 0 Å². The van der Waals surface area contributed by atoms with Crippen LogP contribution in [0.25, 0.3) is 10.8 Å². The van der Waals surface area contributed by atoms with Crippen molar-refractivity contribution in [3.8, 4) is 17.2 Å². The summed E-state index contributed by atoms with van der Waals surface area (Å²) in [5.74, 6) is 1.02. The van der Waals surface area contributed by atoms with Crippen molar-refractivity contribution in [1.29, 1.82) is 0 Å². The van der Waals surface area contributed by atoms with Crippen LogP contribution in [0.4, 0.5) is 0 Å². The molecule has 0 saturated carbocycles. The molecular formula is C18H16O5S. The van der Waals surface area contributed by atoms with E-state index in [-0.39, 0.29) is 10.6 Å². The Bertz CT molecular complexity index is 980. The van der Waals surface area contributed by atoms with E-state index in [2.05, 4.69) is 0 Å². The van der Waals surface area contributed by atoms with Crippen LogP contribution in [-0.2, 0) is 10.1 Å². The van der Waals surface area contributed by atoms with Gasteiger partial charge in [0, 0.05) is 6.07 Å². The maximum Gasteiger partial charge on any atom is 0.339 e. The van der Waals surface area contributed by atoms with E-state index >= 15 is 0 Å². The molecule has 3 rings (SSSR count). The second-order valence-corrected chi connectivity index (χ2v) is 6.61. The molecule has 0 aliphatic carbocycles. The summed E-state index contributed by atoms with van der Waals surface area (Å²) >= 11 is 0. The Morgan fingerprint density at radius 2 is 1.46 bits per heavy atom. The van der Waals surface area contributed by atoms with Crippen molar-refractivity contribution in [2.24, 2.45) is 0 Å². The molecule has 0 fully saturated rings. The Morgan fingerprint density at radius 3 is 2.17 bits per heavy atom. The van der Waals surface area contributed by atoms with E-state index in [1.54, 1.807) is 12.1 Å². The maximum absolute atomic E-state index is 12.5. The number of benzene rings is 3. The van der Waals surface area contributed by atoms with E-state index in [0.29, 0.717) is 11.5 Å². The van der Waals surface area contributed by atoms with Crippen LogP contribution in [0.3, 0.4) is 0 Å². The third-order valence-corrected chi connectivity index (χ3v) is 4.81. The van der Waals surface area contributed by atoms with E-state index in [4.69, 9.17) is 13.7 Å². The molecule has 0 bridgehead atoms. The van der Waals surface area contributed by atoms with Crippen molar-refractivity contribution in [2.45, 2.75) is 4.90 Å². The molecule has 124 valence electrons. The minimum Gasteiger partial charge on any atom is -0.493 e. The molecule has 0 aromatic heterocycles. The maximum atomic E-state index is 12.5. The Morgan fingerprint density at radius 1 is 0.750 bits per heavy atom. The normalized spacial score (nSPS) is 11.2. The quantitative estimate of drug-likeness (QED) is 0.662. The van der Waals surface area contributed by atoms with E-state index < -0.39 is 10.1 Å². The zero-order chi connectivity index (χ0) is 17.2. The van der Waals surface area contributed by atoms with Gasteiger partial charge in [0.25, 0.3) is 0 Å². The average Bonchev–Trinajstić information content (AvgIpc) is 2.60. The molecule has 0 atom stereocenters. The van der Waals surface area contributed by atoms with Crippen molar-refractivity contribution in [1.82, 2.24) is 0 Å². The van der Waals surface area contributed by atoms with Gasteiger partial charge in [-0.05, 0) is 35.0 Å². The molecule has 3 aromatic carbocycles. The molecule has 0 aliphatic heterocycles. The fraction of sp³-hybridized carbons (Fsp3) is 0.111. The third kappa shape index (κ3) is 3.14.